The monoisotopic (exact) mass is 379 g/mol. The third-order valence-electron chi connectivity index (χ3n) is 0. The van der Waals surface area contributed by atoms with Crippen LogP contribution in [0.2, 0.25) is 0 Å². The van der Waals surface area contributed by atoms with Gasteiger partial charge in [0, 0.05) is 0 Å². The van der Waals surface area contributed by atoms with Gasteiger partial charge in [-0.2, -0.15) is 0 Å². The summed E-state index contributed by atoms with van der Waals surface area (Å²) >= 11 is 4.74. The maximum atomic E-state index is 8.81. The number of aldehydes is 1. The summed E-state index contributed by atoms with van der Waals surface area (Å²) in [6, 6.07) is 0. The van der Waals surface area contributed by atoms with Crippen molar-refractivity contribution >= 4 is 46.2 Å². The van der Waals surface area contributed by atoms with E-state index >= 15 is 0 Å². The molecule has 8 heavy (non-hydrogen) atoms. The normalized spacial score (nSPS) is 4.12. The summed E-state index contributed by atoms with van der Waals surface area (Å²) < 4.78 is 0. The van der Waals surface area contributed by atoms with Crippen LogP contribution in [0.5, 0.6) is 0 Å². The first-order valence-corrected chi connectivity index (χ1v) is 11.2. The first-order valence-electron chi connectivity index (χ1n) is 2.15. The van der Waals surface area contributed by atoms with E-state index < -0.39 is 0 Å². The van der Waals surface area contributed by atoms with E-state index in [9.17, 15) is 0 Å². The number of halogens is 2. The Hall–Kier alpha value is 1.71. The molecule has 0 unspecified atom stereocenters. The van der Waals surface area contributed by atoms with Gasteiger partial charge in [0.15, 0.2) is 0 Å². The van der Waals surface area contributed by atoms with E-state index in [-0.39, 0.29) is 0 Å². The first kappa shape index (κ1) is 16.4. The standard InChI is InChI=1S/C2H4O.C2H6.2HI.V/c1-2-3;1-2;;;/h2H,1H3;1-2H3;2*1H;/q;;;;+2/p-2. The van der Waals surface area contributed by atoms with Crippen molar-refractivity contribution in [2.24, 2.45) is 0 Å². The van der Waals surface area contributed by atoms with Crippen LogP contribution >= 0.6 is 40.0 Å². The zero-order chi connectivity index (χ0) is 7.41. The Morgan fingerprint density at radius 3 is 1.38 bits per heavy atom. The molecule has 51 valence electrons. The fourth-order valence-electron chi connectivity index (χ4n) is 0. The molecule has 0 rings (SSSR count). The van der Waals surface area contributed by atoms with Crippen LogP contribution < -0.4 is 0 Å². The fourth-order valence-corrected chi connectivity index (χ4v) is 0. The quantitative estimate of drug-likeness (QED) is 0.468. The Bertz CT molecular complexity index is 28.0. The van der Waals surface area contributed by atoms with Crippen molar-refractivity contribution in [1.29, 1.82) is 0 Å². The van der Waals surface area contributed by atoms with Crippen molar-refractivity contribution in [3.63, 3.8) is 0 Å². The molecular weight excluding hydrogens is 369 g/mol. The Balaban J connectivity index is -0.0000000483. The van der Waals surface area contributed by atoms with Gasteiger partial charge in [-0.3, -0.25) is 0 Å². The molecule has 0 aromatic heterocycles. The summed E-state index contributed by atoms with van der Waals surface area (Å²) in [6.45, 7) is 5.44. The van der Waals surface area contributed by atoms with Gasteiger partial charge in [0.25, 0.3) is 0 Å². The van der Waals surface area contributed by atoms with Gasteiger partial charge in [-0.1, -0.05) is 13.8 Å². The third-order valence-corrected chi connectivity index (χ3v) is 0. The second kappa shape index (κ2) is 37.6. The molecular formula is C4H10I2OV. The Labute approximate surface area is 80.2 Å². The van der Waals surface area contributed by atoms with Gasteiger partial charge in [-0.05, 0) is 6.92 Å². The van der Waals surface area contributed by atoms with Crippen LogP contribution in [0, 0.1) is 0 Å². The molecule has 0 spiro atoms. The van der Waals surface area contributed by atoms with Gasteiger partial charge in [-0.25, -0.2) is 0 Å². The molecule has 0 aliphatic carbocycles. The fraction of sp³-hybridized carbons (Fsp3) is 0.750. The van der Waals surface area contributed by atoms with E-state index in [1.165, 1.54) is 6.92 Å². The molecule has 0 aliphatic rings. The molecule has 0 atom stereocenters. The number of carbonyl (C=O) groups is 1. The number of rotatable bonds is 0. The number of hydrogen-bond donors (Lipinski definition) is 0. The van der Waals surface area contributed by atoms with Gasteiger partial charge in [0.1, 0.15) is 6.29 Å². The molecule has 4 heteroatoms. The Kier molecular flexibility index (Phi) is 76.9. The summed E-state index contributed by atoms with van der Waals surface area (Å²) in [5.74, 6) is 0. The molecule has 0 saturated heterocycles. The van der Waals surface area contributed by atoms with E-state index in [1.807, 2.05) is 13.8 Å². The van der Waals surface area contributed by atoms with Crippen LogP contribution in [-0.4, -0.2) is 6.29 Å². The predicted molar refractivity (Wildman–Crippen MR) is 51.1 cm³/mol. The SMILES string of the molecule is CC.CC=O.[I][V][I]. The second-order valence-electron chi connectivity index (χ2n) is 0.300. The van der Waals surface area contributed by atoms with Gasteiger partial charge < -0.3 is 4.79 Å². The van der Waals surface area contributed by atoms with E-state index in [2.05, 4.69) is 40.0 Å². The zero-order valence-corrected chi connectivity index (χ0v) is 10.9. The van der Waals surface area contributed by atoms with E-state index in [0.717, 1.165) is 6.29 Å². The molecule has 0 fully saturated rings. The van der Waals surface area contributed by atoms with E-state index in [1.54, 1.807) is 0 Å². The molecule has 0 aromatic carbocycles. The van der Waals surface area contributed by atoms with Crippen molar-refractivity contribution in [2.45, 2.75) is 20.8 Å². The molecule has 0 aromatic rings. The average molecular weight is 379 g/mol. The minimum atomic E-state index is 0.628. The molecule has 0 radical (unpaired) electrons. The minimum absolute atomic E-state index is 0.628. The average Bonchev–Trinajstić information content (AvgIpc) is 1.75. The van der Waals surface area contributed by atoms with Crippen LogP contribution in [0.1, 0.15) is 20.8 Å². The van der Waals surface area contributed by atoms with Crippen LogP contribution in [0.3, 0.4) is 0 Å². The van der Waals surface area contributed by atoms with Gasteiger partial charge >= 0.3 is 49.4 Å². The van der Waals surface area contributed by atoms with E-state index in [0.29, 0.717) is 9.47 Å². The van der Waals surface area contributed by atoms with Crippen molar-refractivity contribution in [1.82, 2.24) is 0 Å². The molecule has 1 nitrogen and oxygen atoms in total. The van der Waals surface area contributed by atoms with Crippen LogP contribution in [0.25, 0.3) is 0 Å². The molecule has 0 heterocycles. The van der Waals surface area contributed by atoms with Gasteiger partial charge in [-0.15, -0.1) is 0 Å². The molecule has 0 N–H and O–H groups in total. The summed E-state index contributed by atoms with van der Waals surface area (Å²) in [5.41, 5.74) is 0. The van der Waals surface area contributed by atoms with Crippen LogP contribution in [0.4, 0.5) is 0 Å². The van der Waals surface area contributed by atoms with Crippen molar-refractivity contribution < 1.29 is 14.3 Å². The van der Waals surface area contributed by atoms with Crippen molar-refractivity contribution in [3.8, 4) is 0 Å². The molecule has 0 saturated carbocycles. The number of carbonyl (C=O) groups excluding carboxylic acids is 1. The molecule has 0 bridgehead atoms. The topological polar surface area (TPSA) is 17.1 Å². The predicted octanol–water partition coefficient (Wildman–Crippen LogP) is 3.00. The maximum absolute atomic E-state index is 8.81. The summed E-state index contributed by atoms with van der Waals surface area (Å²) in [6.07, 6.45) is 0.750. The number of hydrogen-bond acceptors (Lipinski definition) is 1. The first-order chi connectivity index (χ1) is 3.83. The molecule has 0 amide bonds. The third kappa shape index (κ3) is 118. The van der Waals surface area contributed by atoms with Gasteiger partial charge in [0.05, 0.1) is 0 Å². The van der Waals surface area contributed by atoms with E-state index in [4.69, 9.17) is 4.79 Å². The summed E-state index contributed by atoms with van der Waals surface area (Å²) in [7, 11) is 0.628. The Morgan fingerprint density at radius 2 is 1.38 bits per heavy atom. The van der Waals surface area contributed by atoms with Gasteiger partial charge in [0.2, 0.25) is 0 Å². The van der Waals surface area contributed by atoms with Crippen molar-refractivity contribution in [3.05, 3.63) is 0 Å². The van der Waals surface area contributed by atoms with Crippen LogP contribution in [0.15, 0.2) is 0 Å². The summed E-state index contributed by atoms with van der Waals surface area (Å²) in [5, 5.41) is 0. The zero-order valence-electron chi connectivity index (χ0n) is 5.19. The summed E-state index contributed by atoms with van der Waals surface area (Å²) in [4.78, 5) is 8.81. The van der Waals surface area contributed by atoms with Crippen LogP contribution in [-0.2, 0) is 14.3 Å². The van der Waals surface area contributed by atoms with Crippen molar-refractivity contribution in [2.75, 3.05) is 0 Å². The second-order valence-corrected chi connectivity index (χ2v) is 12.1. The molecule has 0 aliphatic heterocycles. The Morgan fingerprint density at radius 1 is 1.38 bits per heavy atom.